The van der Waals surface area contributed by atoms with Crippen molar-refractivity contribution in [2.45, 2.75) is 25.7 Å². The maximum atomic E-state index is 12.6. The monoisotopic (exact) mass is 345 g/mol. The van der Waals surface area contributed by atoms with Crippen LogP contribution in [0.5, 0.6) is 0 Å². The Morgan fingerprint density at radius 3 is 2.60 bits per heavy atom. The smallest absolute Gasteiger partial charge is 0.293 e. The van der Waals surface area contributed by atoms with E-state index in [-0.39, 0.29) is 16.5 Å². The summed E-state index contributed by atoms with van der Waals surface area (Å²) in [5.41, 5.74) is 1.45. The summed E-state index contributed by atoms with van der Waals surface area (Å²) >= 11 is 0. The minimum absolute atomic E-state index is 0.0387. The third-order valence-electron chi connectivity index (χ3n) is 5.68. The van der Waals surface area contributed by atoms with Gasteiger partial charge in [-0.25, -0.2) is 0 Å². The fraction of sp³-hybridized carbons (Fsp3) is 0.611. The second-order valence-electron chi connectivity index (χ2n) is 7.39. The van der Waals surface area contributed by atoms with E-state index >= 15 is 0 Å². The Kier molecular flexibility index (Phi) is 4.11. The Hall–Kier alpha value is -2.15. The van der Waals surface area contributed by atoms with Crippen molar-refractivity contribution in [3.63, 3.8) is 0 Å². The third kappa shape index (κ3) is 3.20. The molecule has 1 spiro atoms. The summed E-state index contributed by atoms with van der Waals surface area (Å²) in [6.45, 7) is 3.83. The van der Waals surface area contributed by atoms with Crippen molar-refractivity contribution in [1.82, 2.24) is 4.90 Å². The molecule has 25 heavy (non-hydrogen) atoms. The highest BCUT2D eigenvalue weighted by molar-refractivity contribution is 5.96. The lowest BCUT2D eigenvalue weighted by atomic mass is 9.94. The lowest BCUT2D eigenvalue weighted by Crippen LogP contribution is -2.40. The predicted octanol–water partition coefficient (Wildman–Crippen LogP) is 2.45. The third-order valence-corrected chi connectivity index (χ3v) is 5.68. The van der Waals surface area contributed by atoms with Crippen molar-refractivity contribution in [2.24, 2.45) is 5.41 Å². The second kappa shape index (κ2) is 6.29. The standard InChI is InChI=1S/C18H23N3O4/c22-17(19-8-10-25-11-9-19)14-2-3-15(16(12-14)21(23)24)20-7-1-4-18(13-20)5-6-18/h2-3,12H,1,4-11,13H2. The zero-order valence-corrected chi connectivity index (χ0v) is 14.3. The van der Waals surface area contributed by atoms with Crippen LogP contribution in [0.25, 0.3) is 0 Å². The molecule has 0 radical (unpaired) electrons. The van der Waals surface area contributed by atoms with Gasteiger partial charge in [0.05, 0.1) is 18.1 Å². The highest BCUT2D eigenvalue weighted by Gasteiger charge is 2.46. The first-order chi connectivity index (χ1) is 12.1. The number of amides is 1. The van der Waals surface area contributed by atoms with E-state index in [2.05, 4.69) is 4.90 Å². The molecule has 2 heterocycles. The Morgan fingerprint density at radius 1 is 1.16 bits per heavy atom. The molecule has 1 aromatic rings. The van der Waals surface area contributed by atoms with Gasteiger partial charge in [-0.15, -0.1) is 0 Å². The van der Waals surface area contributed by atoms with E-state index in [1.54, 1.807) is 17.0 Å². The van der Waals surface area contributed by atoms with Crippen LogP contribution in [-0.4, -0.2) is 55.1 Å². The molecule has 7 heteroatoms. The van der Waals surface area contributed by atoms with Gasteiger partial charge in [-0.1, -0.05) is 0 Å². The molecule has 0 atom stereocenters. The number of carbonyl (C=O) groups is 1. The van der Waals surface area contributed by atoms with Crippen molar-refractivity contribution >= 4 is 17.3 Å². The summed E-state index contributed by atoms with van der Waals surface area (Å²) in [5, 5.41) is 11.6. The average Bonchev–Trinajstić information content (AvgIpc) is 3.39. The van der Waals surface area contributed by atoms with Crippen LogP contribution in [0.15, 0.2) is 18.2 Å². The van der Waals surface area contributed by atoms with Gasteiger partial charge in [0.1, 0.15) is 5.69 Å². The first-order valence-corrected chi connectivity index (χ1v) is 8.98. The van der Waals surface area contributed by atoms with Gasteiger partial charge in [0, 0.05) is 37.8 Å². The summed E-state index contributed by atoms with van der Waals surface area (Å²) < 4.78 is 5.26. The van der Waals surface area contributed by atoms with Crippen LogP contribution in [0.4, 0.5) is 11.4 Å². The highest BCUT2D eigenvalue weighted by Crippen LogP contribution is 2.53. The normalized spacial score (nSPS) is 22.1. The van der Waals surface area contributed by atoms with Gasteiger partial charge in [0.15, 0.2) is 0 Å². The molecule has 134 valence electrons. The maximum Gasteiger partial charge on any atom is 0.293 e. The van der Waals surface area contributed by atoms with Gasteiger partial charge in [-0.05, 0) is 43.2 Å². The molecule has 2 saturated heterocycles. The van der Waals surface area contributed by atoms with Crippen LogP contribution in [0.1, 0.15) is 36.0 Å². The largest absolute Gasteiger partial charge is 0.378 e. The molecule has 3 fully saturated rings. The Labute approximate surface area is 146 Å². The van der Waals surface area contributed by atoms with Crippen LogP contribution in [0, 0.1) is 15.5 Å². The molecule has 0 N–H and O–H groups in total. The van der Waals surface area contributed by atoms with Gasteiger partial charge in [-0.3, -0.25) is 14.9 Å². The number of nitro groups is 1. The summed E-state index contributed by atoms with van der Waals surface area (Å²) in [4.78, 5) is 27.7. The first kappa shape index (κ1) is 16.3. The summed E-state index contributed by atoms with van der Waals surface area (Å²) in [6.07, 6.45) is 4.76. The van der Waals surface area contributed by atoms with E-state index in [1.165, 1.54) is 25.3 Å². The number of morpholine rings is 1. The van der Waals surface area contributed by atoms with Gasteiger partial charge in [0.2, 0.25) is 0 Å². The number of rotatable bonds is 3. The van der Waals surface area contributed by atoms with Crippen molar-refractivity contribution in [1.29, 1.82) is 0 Å². The maximum absolute atomic E-state index is 12.6. The molecule has 0 bridgehead atoms. The number of nitrogens with zero attached hydrogens (tertiary/aromatic N) is 3. The van der Waals surface area contributed by atoms with Crippen molar-refractivity contribution in [2.75, 3.05) is 44.3 Å². The number of carbonyl (C=O) groups excluding carboxylic acids is 1. The molecule has 3 aliphatic rings. The Morgan fingerprint density at radius 2 is 1.92 bits per heavy atom. The fourth-order valence-corrected chi connectivity index (χ4v) is 4.02. The van der Waals surface area contributed by atoms with Gasteiger partial charge in [0.25, 0.3) is 11.6 Å². The molecule has 4 rings (SSSR count). The number of piperidine rings is 1. The first-order valence-electron chi connectivity index (χ1n) is 8.98. The lowest BCUT2D eigenvalue weighted by Gasteiger charge is -2.34. The molecule has 1 amide bonds. The Bertz CT molecular complexity index is 696. The topological polar surface area (TPSA) is 75.9 Å². The minimum Gasteiger partial charge on any atom is -0.378 e. The minimum atomic E-state index is -0.362. The fourth-order valence-electron chi connectivity index (χ4n) is 4.02. The summed E-state index contributed by atoms with van der Waals surface area (Å²) in [6, 6.07) is 4.93. The van der Waals surface area contributed by atoms with E-state index in [9.17, 15) is 14.9 Å². The molecule has 1 aromatic carbocycles. The SMILES string of the molecule is O=C(c1ccc(N2CCCC3(CC3)C2)c([N+](=O)[O-])c1)N1CCOCC1. The van der Waals surface area contributed by atoms with Crippen LogP contribution < -0.4 is 4.90 Å². The average molecular weight is 345 g/mol. The molecule has 1 saturated carbocycles. The van der Waals surface area contributed by atoms with Crippen molar-refractivity contribution < 1.29 is 14.5 Å². The van der Waals surface area contributed by atoms with E-state index in [0.29, 0.717) is 43.0 Å². The number of ether oxygens (including phenoxy) is 1. The van der Waals surface area contributed by atoms with Gasteiger partial charge < -0.3 is 14.5 Å². The van der Waals surface area contributed by atoms with Crippen LogP contribution in [-0.2, 0) is 4.74 Å². The molecule has 7 nitrogen and oxygen atoms in total. The van der Waals surface area contributed by atoms with Crippen LogP contribution in [0.2, 0.25) is 0 Å². The number of benzene rings is 1. The molecule has 0 aromatic heterocycles. The number of hydrogen-bond acceptors (Lipinski definition) is 5. The molecular formula is C18H23N3O4. The molecule has 2 aliphatic heterocycles. The quantitative estimate of drug-likeness (QED) is 0.621. The van der Waals surface area contributed by atoms with E-state index in [0.717, 1.165) is 19.5 Å². The molecule has 0 unspecified atom stereocenters. The van der Waals surface area contributed by atoms with Crippen LogP contribution in [0.3, 0.4) is 0 Å². The Balaban J connectivity index is 1.60. The summed E-state index contributed by atoms with van der Waals surface area (Å²) in [5.74, 6) is -0.157. The number of nitro benzene ring substituents is 1. The number of anilines is 1. The van der Waals surface area contributed by atoms with Gasteiger partial charge in [-0.2, -0.15) is 0 Å². The van der Waals surface area contributed by atoms with Crippen LogP contribution >= 0.6 is 0 Å². The zero-order valence-electron chi connectivity index (χ0n) is 14.3. The number of hydrogen-bond donors (Lipinski definition) is 0. The molecular weight excluding hydrogens is 322 g/mol. The van der Waals surface area contributed by atoms with Crippen molar-refractivity contribution in [3.8, 4) is 0 Å². The highest BCUT2D eigenvalue weighted by atomic mass is 16.6. The zero-order chi connectivity index (χ0) is 17.4. The van der Waals surface area contributed by atoms with E-state index in [1.807, 2.05) is 0 Å². The lowest BCUT2D eigenvalue weighted by molar-refractivity contribution is -0.384. The second-order valence-corrected chi connectivity index (χ2v) is 7.39. The predicted molar refractivity (Wildman–Crippen MR) is 92.9 cm³/mol. The molecule has 1 aliphatic carbocycles. The summed E-state index contributed by atoms with van der Waals surface area (Å²) in [7, 11) is 0. The van der Waals surface area contributed by atoms with E-state index < -0.39 is 0 Å². The van der Waals surface area contributed by atoms with Gasteiger partial charge >= 0.3 is 0 Å². The van der Waals surface area contributed by atoms with Crippen molar-refractivity contribution in [3.05, 3.63) is 33.9 Å². The van der Waals surface area contributed by atoms with E-state index in [4.69, 9.17) is 4.74 Å².